The maximum Gasteiger partial charge on any atom is 0.102 e. The number of carboxylic acids is 1. The third-order valence-electron chi connectivity index (χ3n) is 3.06. The summed E-state index contributed by atoms with van der Waals surface area (Å²) in [5.74, 6) is -1.10. The lowest BCUT2D eigenvalue weighted by molar-refractivity contribution is -0.891. The fourth-order valence-electron chi connectivity index (χ4n) is 1.41. The van der Waals surface area contributed by atoms with Crippen LogP contribution in [0.3, 0.4) is 0 Å². The van der Waals surface area contributed by atoms with E-state index >= 15 is 0 Å². The zero-order valence-corrected chi connectivity index (χ0v) is 15.9. The Hall–Kier alpha value is -0.770. The van der Waals surface area contributed by atoms with Gasteiger partial charge in [-0.15, -0.1) is 0 Å². The summed E-state index contributed by atoms with van der Waals surface area (Å²) < 4.78 is 25.7. The molecule has 0 saturated carbocycles. The van der Waals surface area contributed by atoms with Crippen LogP contribution in [0.25, 0.3) is 0 Å². The molecule has 0 atom stereocenters. The minimum absolute atomic E-state index is 0.0714. The number of methoxy groups -OCH3 is 3. The van der Waals surface area contributed by atoms with Gasteiger partial charge in [0.2, 0.25) is 0 Å². The first-order chi connectivity index (χ1) is 11.4. The first-order valence-corrected chi connectivity index (χ1v) is 8.03. The van der Waals surface area contributed by atoms with E-state index in [1.165, 1.54) is 0 Å². The van der Waals surface area contributed by atoms with E-state index in [0.717, 1.165) is 30.8 Å². The highest BCUT2D eigenvalue weighted by molar-refractivity contribution is 5.64. The predicted molar refractivity (Wildman–Crippen MR) is 88.7 cm³/mol. The van der Waals surface area contributed by atoms with Crippen molar-refractivity contribution in [2.45, 2.75) is 6.42 Å². The quantitative estimate of drug-likeness (QED) is 0.280. The number of likely N-dealkylation sites (N-methyl/N-ethyl adjacent to an activating group) is 1. The van der Waals surface area contributed by atoms with Gasteiger partial charge in [-0.1, -0.05) is 0 Å². The van der Waals surface area contributed by atoms with E-state index in [1.807, 2.05) is 0 Å². The van der Waals surface area contributed by atoms with Gasteiger partial charge in [-0.05, 0) is 0 Å². The van der Waals surface area contributed by atoms with Crippen LogP contribution in [0.1, 0.15) is 6.42 Å². The van der Waals surface area contributed by atoms with Crippen molar-refractivity contribution >= 4 is 5.97 Å². The van der Waals surface area contributed by atoms with Gasteiger partial charge in [-0.3, -0.25) is 0 Å². The second kappa shape index (κ2) is 18.6. The van der Waals surface area contributed by atoms with Gasteiger partial charge in [0, 0.05) is 33.7 Å². The molecule has 0 amide bonds. The van der Waals surface area contributed by atoms with Crippen LogP contribution in [0.15, 0.2) is 0 Å². The SMILES string of the molecule is COCCOCCOCCC(=O)[O-].COCC[N+](C)(C)CCOC. The number of ether oxygens (including phenoxy) is 5. The molecule has 0 unspecified atom stereocenters. The summed E-state index contributed by atoms with van der Waals surface area (Å²) in [6.45, 7) is 5.83. The van der Waals surface area contributed by atoms with Gasteiger partial charge in [-0.25, -0.2) is 0 Å². The number of quaternary nitrogens is 1. The van der Waals surface area contributed by atoms with Crippen molar-refractivity contribution in [3.63, 3.8) is 0 Å². The standard InChI is InChI=1S/C8H20NO2.C8H16O5/c1-9(2,5-7-10-3)6-8-11-4;1-11-4-5-13-7-6-12-3-2-8(9)10/h5-8H2,1-4H3;2-7H2,1H3,(H,9,10)/q+1;/p-1. The zero-order chi connectivity index (χ0) is 18.7. The second-order valence-corrected chi connectivity index (χ2v) is 5.71. The Kier molecular flexibility index (Phi) is 19.7. The van der Waals surface area contributed by atoms with Gasteiger partial charge >= 0.3 is 0 Å². The number of carbonyl (C=O) groups excluding carboxylic acids is 1. The molecule has 0 bridgehead atoms. The van der Waals surface area contributed by atoms with Gasteiger partial charge in [-0.2, -0.15) is 0 Å². The topological polar surface area (TPSA) is 86.3 Å². The van der Waals surface area contributed by atoms with Crippen molar-refractivity contribution in [3.8, 4) is 0 Å². The van der Waals surface area contributed by atoms with Gasteiger partial charge in [0.15, 0.2) is 0 Å². The van der Waals surface area contributed by atoms with Crippen molar-refractivity contribution < 1.29 is 38.1 Å². The number of hydrogen-bond acceptors (Lipinski definition) is 7. The Morgan fingerprint density at radius 3 is 1.58 bits per heavy atom. The molecule has 0 radical (unpaired) electrons. The summed E-state index contributed by atoms with van der Waals surface area (Å²) in [6.07, 6.45) is -0.0714. The average Bonchev–Trinajstić information content (AvgIpc) is 2.54. The molecule has 8 nitrogen and oxygen atoms in total. The molecule has 0 saturated heterocycles. The van der Waals surface area contributed by atoms with Crippen molar-refractivity contribution in [2.75, 3.05) is 94.8 Å². The molecule has 0 N–H and O–H groups in total. The molecule has 0 aliphatic carbocycles. The summed E-state index contributed by atoms with van der Waals surface area (Å²) >= 11 is 0. The summed E-state index contributed by atoms with van der Waals surface area (Å²) in [4.78, 5) is 9.93. The molecule has 0 spiro atoms. The van der Waals surface area contributed by atoms with Gasteiger partial charge in [0.25, 0.3) is 0 Å². The number of rotatable bonds is 15. The highest BCUT2D eigenvalue weighted by Crippen LogP contribution is 1.95. The molecule has 0 rings (SSSR count). The van der Waals surface area contributed by atoms with Gasteiger partial charge in [0.05, 0.1) is 60.3 Å². The van der Waals surface area contributed by atoms with Crippen molar-refractivity contribution in [3.05, 3.63) is 0 Å². The third kappa shape index (κ3) is 23.5. The summed E-state index contributed by atoms with van der Waals surface area (Å²) in [7, 11) is 9.42. The van der Waals surface area contributed by atoms with Crippen LogP contribution in [-0.2, 0) is 28.5 Å². The minimum atomic E-state index is -1.10. The highest BCUT2D eigenvalue weighted by Gasteiger charge is 2.12. The number of carboxylic acid groups (broad SMARTS) is 1. The van der Waals surface area contributed by atoms with E-state index in [-0.39, 0.29) is 13.0 Å². The first kappa shape index (κ1) is 25.5. The summed E-state index contributed by atoms with van der Waals surface area (Å²) in [6, 6.07) is 0. The Labute approximate surface area is 146 Å². The van der Waals surface area contributed by atoms with E-state index in [9.17, 15) is 9.90 Å². The first-order valence-electron chi connectivity index (χ1n) is 8.03. The van der Waals surface area contributed by atoms with Crippen LogP contribution in [0.5, 0.6) is 0 Å². The van der Waals surface area contributed by atoms with Crippen LogP contribution in [-0.4, -0.2) is 105 Å². The lowest BCUT2D eigenvalue weighted by atomic mass is 10.4. The predicted octanol–water partition coefficient (Wildman–Crippen LogP) is -0.838. The normalized spacial score (nSPS) is 11.0. The molecule has 0 aliphatic heterocycles. The smallest absolute Gasteiger partial charge is 0.102 e. The number of nitrogens with zero attached hydrogens (tertiary/aromatic N) is 1. The van der Waals surface area contributed by atoms with Crippen molar-refractivity contribution in [1.29, 1.82) is 0 Å². The Bertz CT molecular complexity index is 265. The van der Waals surface area contributed by atoms with Crippen molar-refractivity contribution in [1.82, 2.24) is 0 Å². The second-order valence-electron chi connectivity index (χ2n) is 5.71. The Morgan fingerprint density at radius 1 is 0.750 bits per heavy atom. The maximum absolute atomic E-state index is 9.93. The molecule has 0 fully saturated rings. The summed E-state index contributed by atoms with van der Waals surface area (Å²) in [5, 5.41) is 9.93. The van der Waals surface area contributed by atoms with E-state index in [2.05, 4.69) is 14.1 Å². The van der Waals surface area contributed by atoms with Crippen LogP contribution in [0.4, 0.5) is 0 Å². The molecule has 0 aromatic heterocycles. The lowest BCUT2D eigenvalue weighted by Crippen LogP contribution is -2.44. The molecule has 24 heavy (non-hydrogen) atoms. The van der Waals surface area contributed by atoms with E-state index in [1.54, 1.807) is 21.3 Å². The number of carbonyl (C=O) groups is 1. The number of hydrogen-bond donors (Lipinski definition) is 0. The molecular formula is C16H35NO7. The van der Waals surface area contributed by atoms with E-state index < -0.39 is 5.97 Å². The Morgan fingerprint density at radius 2 is 1.17 bits per heavy atom. The largest absolute Gasteiger partial charge is 0.550 e. The molecule has 0 aromatic rings. The van der Waals surface area contributed by atoms with Crippen LogP contribution in [0.2, 0.25) is 0 Å². The average molecular weight is 353 g/mol. The fraction of sp³-hybridized carbons (Fsp3) is 0.938. The summed E-state index contributed by atoms with van der Waals surface area (Å²) in [5.41, 5.74) is 0. The van der Waals surface area contributed by atoms with Crippen LogP contribution < -0.4 is 5.11 Å². The molecule has 0 aromatic carbocycles. The van der Waals surface area contributed by atoms with Gasteiger partial charge < -0.3 is 38.1 Å². The van der Waals surface area contributed by atoms with Gasteiger partial charge in [0.1, 0.15) is 13.1 Å². The lowest BCUT2D eigenvalue weighted by Gasteiger charge is -2.28. The van der Waals surface area contributed by atoms with E-state index in [4.69, 9.17) is 23.7 Å². The maximum atomic E-state index is 9.93. The fourth-order valence-corrected chi connectivity index (χ4v) is 1.41. The molecular weight excluding hydrogens is 318 g/mol. The van der Waals surface area contributed by atoms with Crippen LogP contribution in [0, 0.1) is 0 Å². The minimum Gasteiger partial charge on any atom is -0.550 e. The molecule has 0 heterocycles. The monoisotopic (exact) mass is 353 g/mol. The van der Waals surface area contributed by atoms with E-state index in [0.29, 0.717) is 26.4 Å². The Balaban J connectivity index is 0. The van der Waals surface area contributed by atoms with Crippen molar-refractivity contribution in [2.24, 2.45) is 0 Å². The molecule has 0 aliphatic rings. The van der Waals surface area contributed by atoms with Crippen LogP contribution >= 0.6 is 0 Å². The highest BCUT2D eigenvalue weighted by atomic mass is 16.5. The zero-order valence-electron chi connectivity index (χ0n) is 15.9. The molecule has 146 valence electrons. The number of aliphatic carboxylic acids is 1. The third-order valence-corrected chi connectivity index (χ3v) is 3.06. The molecule has 8 heteroatoms.